The van der Waals surface area contributed by atoms with Crippen LogP contribution in [-0.2, 0) is 0 Å². The molecule has 0 nitrogen and oxygen atoms in total. The zero-order chi connectivity index (χ0) is 4.28. The molecule has 0 rings (SSSR count). The van der Waals surface area contributed by atoms with Crippen molar-refractivity contribution in [3.63, 3.8) is 0 Å². The van der Waals surface area contributed by atoms with Gasteiger partial charge in [-0.05, 0) is 11.9 Å². The van der Waals surface area contributed by atoms with Crippen LogP contribution in [0.15, 0.2) is 10.0 Å². The third-order valence-corrected chi connectivity index (χ3v) is 1.21. The summed E-state index contributed by atoms with van der Waals surface area (Å²) in [6.45, 7) is 1.80. The second kappa shape index (κ2) is 2.73. The second-order valence-electron chi connectivity index (χ2n) is 0.696. The normalized spacial score (nSPS) is 12.2. The lowest BCUT2D eigenvalue weighted by atomic mass is 10.8. The van der Waals surface area contributed by atoms with Gasteiger partial charge in [0.05, 0.1) is 0 Å². The standard InChI is InChI=1S/C3H4BrCl/c1-3(5)2-4/h2H,1H3. The Morgan fingerprint density at radius 3 is 2.20 bits per heavy atom. The van der Waals surface area contributed by atoms with Gasteiger partial charge in [-0.1, -0.05) is 27.5 Å². The molecule has 0 saturated carbocycles. The molecule has 0 spiro atoms. The minimum Gasteiger partial charge on any atom is -0.0889 e. The van der Waals surface area contributed by atoms with Crippen LogP contribution in [0.25, 0.3) is 0 Å². The van der Waals surface area contributed by atoms with Crippen LogP contribution >= 0.6 is 27.5 Å². The zero-order valence-corrected chi connectivity index (χ0v) is 5.18. The fourth-order valence-electron chi connectivity index (χ4n) is 0. The summed E-state index contributed by atoms with van der Waals surface area (Å²) in [6, 6.07) is 0. The Kier molecular flexibility index (Phi) is 3.01. The Morgan fingerprint density at radius 1 is 2.00 bits per heavy atom. The monoisotopic (exact) mass is 154 g/mol. The fraction of sp³-hybridized carbons (Fsp3) is 0.333. The highest BCUT2D eigenvalue weighted by Gasteiger charge is 1.66. The average Bonchev–Trinajstić information content (AvgIpc) is 1.38. The number of rotatable bonds is 0. The van der Waals surface area contributed by atoms with E-state index in [0.29, 0.717) is 0 Å². The highest BCUT2D eigenvalue weighted by atomic mass is 79.9. The van der Waals surface area contributed by atoms with Crippen molar-refractivity contribution in [1.82, 2.24) is 0 Å². The molecule has 0 amide bonds. The van der Waals surface area contributed by atoms with Crippen molar-refractivity contribution < 1.29 is 0 Å². The molecule has 0 N–H and O–H groups in total. The van der Waals surface area contributed by atoms with E-state index in [0.717, 1.165) is 5.03 Å². The first-order valence-electron chi connectivity index (χ1n) is 1.20. The summed E-state index contributed by atoms with van der Waals surface area (Å²) < 4.78 is 0. The smallest absolute Gasteiger partial charge is 0.0219 e. The van der Waals surface area contributed by atoms with Gasteiger partial charge >= 0.3 is 0 Å². The molecule has 0 aliphatic rings. The van der Waals surface area contributed by atoms with Crippen LogP contribution in [0.1, 0.15) is 6.92 Å². The summed E-state index contributed by atoms with van der Waals surface area (Å²) in [5, 5.41) is 0.769. The van der Waals surface area contributed by atoms with Crippen molar-refractivity contribution in [2.45, 2.75) is 6.92 Å². The highest BCUT2D eigenvalue weighted by molar-refractivity contribution is 9.11. The van der Waals surface area contributed by atoms with E-state index in [1.165, 1.54) is 0 Å². The fourth-order valence-corrected chi connectivity index (χ4v) is 0. The summed E-state index contributed by atoms with van der Waals surface area (Å²) in [4.78, 5) is 1.66. The summed E-state index contributed by atoms with van der Waals surface area (Å²) in [5.74, 6) is 0. The lowest BCUT2D eigenvalue weighted by molar-refractivity contribution is 1.71. The number of hydrogen-bond donors (Lipinski definition) is 0. The van der Waals surface area contributed by atoms with E-state index in [1.807, 2.05) is 0 Å². The maximum Gasteiger partial charge on any atom is 0.0219 e. The summed E-state index contributed by atoms with van der Waals surface area (Å²) in [5.41, 5.74) is 0. The highest BCUT2D eigenvalue weighted by Crippen LogP contribution is 1.99. The molecule has 0 bridgehead atoms. The zero-order valence-electron chi connectivity index (χ0n) is 2.83. The van der Waals surface area contributed by atoms with Crippen molar-refractivity contribution in [2.24, 2.45) is 0 Å². The molecule has 0 aliphatic carbocycles. The molecule has 5 heavy (non-hydrogen) atoms. The molecule has 0 heterocycles. The van der Waals surface area contributed by atoms with Gasteiger partial charge in [-0.25, -0.2) is 0 Å². The largest absolute Gasteiger partial charge is 0.0889 e. The lowest BCUT2D eigenvalue weighted by Gasteiger charge is -1.68. The van der Waals surface area contributed by atoms with Crippen LogP contribution in [-0.4, -0.2) is 0 Å². The molecular weight excluding hydrogens is 151 g/mol. The van der Waals surface area contributed by atoms with Crippen LogP contribution in [0.4, 0.5) is 0 Å². The molecule has 0 radical (unpaired) electrons. The Labute approximate surface area is 45.0 Å². The maximum absolute atomic E-state index is 5.28. The van der Waals surface area contributed by atoms with E-state index in [-0.39, 0.29) is 0 Å². The summed E-state index contributed by atoms with van der Waals surface area (Å²) in [6.07, 6.45) is 0. The first kappa shape index (κ1) is 5.51. The van der Waals surface area contributed by atoms with Crippen LogP contribution in [0.3, 0.4) is 0 Å². The molecule has 30 valence electrons. The molecule has 0 aromatic carbocycles. The van der Waals surface area contributed by atoms with E-state index in [1.54, 1.807) is 11.9 Å². The van der Waals surface area contributed by atoms with Crippen LogP contribution in [0.5, 0.6) is 0 Å². The van der Waals surface area contributed by atoms with Crippen LogP contribution in [0, 0.1) is 0 Å². The Bertz CT molecular complexity index is 44.9. The third kappa shape index (κ3) is 4.51. The predicted molar refractivity (Wildman–Crippen MR) is 28.5 cm³/mol. The van der Waals surface area contributed by atoms with Crippen LogP contribution in [0.2, 0.25) is 0 Å². The average molecular weight is 155 g/mol. The quantitative estimate of drug-likeness (QED) is 0.504. The number of allylic oxidation sites excluding steroid dienone is 1. The van der Waals surface area contributed by atoms with Crippen LogP contribution < -0.4 is 0 Å². The molecule has 0 aromatic heterocycles. The van der Waals surface area contributed by atoms with Gasteiger partial charge in [0.2, 0.25) is 0 Å². The maximum atomic E-state index is 5.28. The molecule has 0 atom stereocenters. The van der Waals surface area contributed by atoms with E-state index in [2.05, 4.69) is 15.9 Å². The van der Waals surface area contributed by atoms with E-state index < -0.39 is 0 Å². The Hall–Kier alpha value is 0.510. The summed E-state index contributed by atoms with van der Waals surface area (Å²) in [7, 11) is 0. The van der Waals surface area contributed by atoms with Crippen molar-refractivity contribution in [1.29, 1.82) is 0 Å². The van der Waals surface area contributed by atoms with Gasteiger partial charge in [-0.15, -0.1) is 0 Å². The number of hydrogen-bond acceptors (Lipinski definition) is 0. The number of halogens is 2. The van der Waals surface area contributed by atoms with Crippen molar-refractivity contribution in [2.75, 3.05) is 0 Å². The van der Waals surface area contributed by atoms with Gasteiger partial charge in [0, 0.05) is 5.03 Å². The lowest BCUT2D eigenvalue weighted by Crippen LogP contribution is -1.41. The Morgan fingerprint density at radius 2 is 2.20 bits per heavy atom. The van der Waals surface area contributed by atoms with Gasteiger partial charge in [0.1, 0.15) is 0 Å². The molecule has 2 heteroatoms. The predicted octanol–water partition coefficient (Wildman–Crippen LogP) is 2.48. The molecule has 0 aromatic rings. The third-order valence-electron chi connectivity index (χ3n) is 0.150. The topological polar surface area (TPSA) is 0 Å². The first-order valence-corrected chi connectivity index (χ1v) is 2.49. The minimum atomic E-state index is 0.769. The molecule has 0 fully saturated rings. The summed E-state index contributed by atoms with van der Waals surface area (Å²) >= 11 is 8.30. The Balaban J connectivity index is 3.14. The van der Waals surface area contributed by atoms with Crippen molar-refractivity contribution in [3.05, 3.63) is 10.0 Å². The van der Waals surface area contributed by atoms with Gasteiger partial charge in [-0.3, -0.25) is 0 Å². The SMILES string of the molecule is CC(Cl)=CBr. The van der Waals surface area contributed by atoms with E-state index in [4.69, 9.17) is 11.6 Å². The van der Waals surface area contributed by atoms with Gasteiger partial charge < -0.3 is 0 Å². The molecular formula is C3H4BrCl. The second-order valence-corrected chi connectivity index (χ2v) is 1.75. The van der Waals surface area contributed by atoms with Gasteiger partial charge in [-0.2, -0.15) is 0 Å². The molecule has 0 unspecified atom stereocenters. The van der Waals surface area contributed by atoms with E-state index >= 15 is 0 Å². The first-order chi connectivity index (χ1) is 2.27. The van der Waals surface area contributed by atoms with Gasteiger partial charge in [0.25, 0.3) is 0 Å². The van der Waals surface area contributed by atoms with Crippen molar-refractivity contribution >= 4 is 27.5 Å². The van der Waals surface area contributed by atoms with E-state index in [9.17, 15) is 0 Å². The minimum absolute atomic E-state index is 0.769. The van der Waals surface area contributed by atoms with Gasteiger partial charge in [0.15, 0.2) is 0 Å². The van der Waals surface area contributed by atoms with Crippen molar-refractivity contribution in [3.8, 4) is 0 Å². The molecule has 0 saturated heterocycles. The molecule has 0 aliphatic heterocycles.